The van der Waals surface area contributed by atoms with Crippen LogP contribution in [0.4, 0.5) is 0 Å². The molecule has 0 aliphatic rings. The van der Waals surface area contributed by atoms with Gasteiger partial charge in [0.15, 0.2) is 17.5 Å². The number of benzene rings is 8. The lowest BCUT2D eigenvalue weighted by atomic mass is 9.98. The molecule has 8 aromatic carbocycles. The minimum absolute atomic E-state index is 0.593. The summed E-state index contributed by atoms with van der Waals surface area (Å²) in [5, 5.41) is 5.12. The quantitative estimate of drug-likeness (QED) is 0.168. The molecule has 4 aromatic heterocycles. The van der Waals surface area contributed by atoms with Crippen molar-refractivity contribution in [3.8, 4) is 67.7 Å². The smallest absolute Gasteiger partial charge is 0.164 e. The Hall–Kier alpha value is -8.22. The average molecular weight is 769 g/mol. The van der Waals surface area contributed by atoms with Crippen molar-refractivity contribution >= 4 is 54.8 Å². The Morgan fingerprint density at radius 2 is 0.783 bits per heavy atom. The van der Waals surface area contributed by atoms with Crippen LogP contribution in [0.25, 0.3) is 122 Å². The summed E-state index contributed by atoms with van der Waals surface area (Å²) < 4.78 is 13.1. The van der Waals surface area contributed by atoms with Crippen molar-refractivity contribution in [3.63, 3.8) is 0 Å². The number of pyridine rings is 1. The average Bonchev–Trinajstić information content (AvgIpc) is 3.91. The molecule has 0 fully saturated rings. The molecule has 6 nitrogen and oxygen atoms in total. The van der Waals surface area contributed by atoms with Crippen LogP contribution in [-0.2, 0) is 0 Å². The van der Waals surface area contributed by atoms with Gasteiger partial charge < -0.3 is 8.83 Å². The van der Waals surface area contributed by atoms with Crippen molar-refractivity contribution in [2.24, 2.45) is 0 Å². The van der Waals surface area contributed by atoms with Crippen molar-refractivity contribution in [1.29, 1.82) is 0 Å². The molecular formula is C54H32N4O2. The summed E-state index contributed by atoms with van der Waals surface area (Å²) in [5.41, 5.74) is 13.1. The van der Waals surface area contributed by atoms with E-state index in [0.29, 0.717) is 17.5 Å². The van der Waals surface area contributed by atoms with E-state index >= 15 is 0 Å². The molecular weight excluding hydrogens is 737 g/mol. The molecule has 0 atom stereocenters. The standard InChI is InChI=1S/C54H32N4O2/c1-3-12-33(13-4-1)34-22-26-37(27-23-34)53-56-52(36-14-5-2-6-15-36)57-54(58-53)38-28-24-35(25-29-38)49-48-43-17-8-10-21-47(43)60-51(48)44-32-39(30-31-45(44)55-49)40-18-11-19-42-41-16-7-9-20-46(41)59-50(40)42/h1-32H. The highest BCUT2D eigenvalue weighted by Gasteiger charge is 2.20. The van der Waals surface area contributed by atoms with Crippen LogP contribution < -0.4 is 0 Å². The highest BCUT2D eigenvalue weighted by atomic mass is 16.3. The molecule has 0 radical (unpaired) electrons. The van der Waals surface area contributed by atoms with Crippen LogP contribution >= 0.6 is 0 Å². The number of rotatable bonds is 6. The van der Waals surface area contributed by atoms with Gasteiger partial charge in [0, 0.05) is 49.4 Å². The van der Waals surface area contributed by atoms with Gasteiger partial charge in [0.2, 0.25) is 0 Å². The van der Waals surface area contributed by atoms with E-state index in [9.17, 15) is 0 Å². The molecule has 0 unspecified atom stereocenters. The van der Waals surface area contributed by atoms with Gasteiger partial charge in [0.1, 0.15) is 22.3 Å². The van der Waals surface area contributed by atoms with Gasteiger partial charge in [0.25, 0.3) is 0 Å². The third-order valence-corrected chi connectivity index (χ3v) is 11.4. The molecule has 0 aliphatic heterocycles. The second-order valence-electron chi connectivity index (χ2n) is 15.0. The third kappa shape index (κ3) is 5.65. The lowest BCUT2D eigenvalue weighted by Crippen LogP contribution is -2.00. The molecule has 6 heteroatoms. The van der Waals surface area contributed by atoms with E-state index in [4.69, 9.17) is 28.8 Å². The summed E-state index contributed by atoms with van der Waals surface area (Å²) in [4.78, 5) is 20.3. The van der Waals surface area contributed by atoms with Crippen LogP contribution in [0, 0.1) is 0 Å². The molecule has 0 spiro atoms. The fraction of sp³-hybridized carbons (Fsp3) is 0. The number of nitrogens with zero attached hydrogens (tertiary/aromatic N) is 4. The molecule has 60 heavy (non-hydrogen) atoms. The van der Waals surface area contributed by atoms with Crippen LogP contribution in [0.5, 0.6) is 0 Å². The molecule has 0 saturated heterocycles. The summed E-state index contributed by atoms with van der Waals surface area (Å²) in [6, 6.07) is 66.2. The summed E-state index contributed by atoms with van der Waals surface area (Å²) in [5.74, 6) is 1.82. The Balaban J connectivity index is 0.970. The molecule has 0 amide bonds. The van der Waals surface area contributed by atoms with Crippen molar-refractivity contribution in [2.75, 3.05) is 0 Å². The first kappa shape index (κ1) is 33.9. The Morgan fingerprint density at radius 1 is 0.300 bits per heavy atom. The highest BCUT2D eigenvalue weighted by molar-refractivity contribution is 6.20. The van der Waals surface area contributed by atoms with Crippen LogP contribution in [0.2, 0.25) is 0 Å². The van der Waals surface area contributed by atoms with Crippen LogP contribution in [-0.4, -0.2) is 19.9 Å². The summed E-state index contributed by atoms with van der Waals surface area (Å²) in [6.07, 6.45) is 0. The Kier molecular flexibility index (Phi) is 7.74. The molecule has 0 bridgehead atoms. The van der Waals surface area contributed by atoms with Gasteiger partial charge in [-0.05, 0) is 41.0 Å². The Labute approximate surface area is 344 Å². The topological polar surface area (TPSA) is 77.8 Å². The Bertz CT molecular complexity index is 3580. The van der Waals surface area contributed by atoms with Gasteiger partial charge in [-0.25, -0.2) is 19.9 Å². The van der Waals surface area contributed by atoms with Gasteiger partial charge in [-0.1, -0.05) is 170 Å². The van der Waals surface area contributed by atoms with Gasteiger partial charge in [-0.3, -0.25) is 0 Å². The van der Waals surface area contributed by atoms with E-state index in [1.165, 1.54) is 0 Å². The molecule has 0 aliphatic carbocycles. The van der Waals surface area contributed by atoms with Crippen molar-refractivity contribution < 1.29 is 8.83 Å². The van der Waals surface area contributed by atoms with E-state index in [0.717, 1.165) is 105 Å². The van der Waals surface area contributed by atoms with E-state index in [1.807, 2.05) is 72.8 Å². The normalized spacial score (nSPS) is 11.7. The zero-order chi connectivity index (χ0) is 39.6. The van der Waals surface area contributed by atoms with Crippen molar-refractivity contribution in [3.05, 3.63) is 194 Å². The summed E-state index contributed by atoms with van der Waals surface area (Å²) in [6.45, 7) is 0. The van der Waals surface area contributed by atoms with E-state index in [-0.39, 0.29) is 0 Å². The lowest BCUT2D eigenvalue weighted by Gasteiger charge is -2.11. The van der Waals surface area contributed by atoms with Gasteiger partial charge in [-0.15, -0.1) is 0 Å². The lowest BCUT2D eigenvalue weighted by molar-refractivity contribution is 0.670. The van der Waals surface area contributed by atoms with Gasteiger partial charge >= 0.3 is 0 Å². The number of aromatic nitrogens is 4. The maximum Gasteiger partial charge on any atom is 0.164 e. The minimum atomic E-state index is 0.593. The highest BCUT2D eigenvalue weighted by Crippen LogP contribution is 2.42. The number of hydrogen-bond acceptors (Lipinski definition) is 6. The molecule has 12 rings (SSSR count). The fourth-order valence-corrected chi connectivity index (χ4v) is 8.38. The first-order valence-corrected chi connectivity index (χ1v) is 20.0. The molecule has 280 valence electrons. The van der Waals surface area contributed by atoms with Crippen LogP contribution in [0.1, 0.15) is 0 Å². The minimum Gasteiger partial charge on any atom is -0.455 e. The zero-order valence-corrected chi connectivity index (χ0v) is 32.1. The predicted molar refractivity (Wildman–Crippen MR) is 242 cm³/mol. The van der Waals surface area contributed by atoms with E-state index in [2.05, 4.69) is 121 Å². The summed E-state index contributed by atoms with van der Waals surface area (Å²) in [7, 11) is 0. The molecule has 0 saturated carbocycles. The van der Waals surface area contributed by atoms with E-state index in [1.54, 1.807) is 0 Å². The SMILES string of the molecule is c1ccc(-c2ccc(-c3nc(-c4ccccc4)nc(-c4ccc(-c5nc6ccc(-c7cccc8c7oc7ccccc78)cc6c6oc7ccccc7c56)cc4)n3)cc2)cc1. The molecule has 12 aromatic rings. The molecule has 0 N–H and O–H groups in total. The zero-order valence-electron chi connectivity index (χ0n) is 32.1. The number of hydrogen-bond donors (Lipinski definition) is 0. The Morgan fingerprint density at radius 3 is 1.47 bits per heavy atom. The second kappa shape index (κ2) is 13.7. The number of fused-ring (bicyclic) bond motifs is 8. The van der Waals surface area contributed by atoms with Gasteiger partial charge in [-0.2, -0.15) is 0 Å². The third-order valence-electron chi connectivity index (χ3n) is 11.4. The van der Waals surface area contributed by atoms with Crippen LogP contribution in [0.3, 0.4) is 0 Å². The number of para-hydroxylation sites is 3. The number of furan rings is 2. The maximum absolute atomic E-state index is 6.70. The van der Waals surface area contributed by atoms with Crippen LogP contribution in [0.15, 0.2) is 203 Å². The second-order valence-corrected chi connectivity index (χ2v) is 15.0. The monoisotopic (exact) mass is 768 g/mol. The fourth-order valence-electron chi connectivity index (χ4n) is 8.38. The van der Waals surface area contributed by atoms with Crippen molar-refractivity contribution in [2.45, 2.75) is 0 Å². The maximum atomic E-state index is 6.70. The first-order valence-electron chi connectivity index (χ1n) is 20.0. The predicted octanol–water partition coefficient (Wildman–Crippen LogP) is 14.2. The largest absolute Gasteiger partial charge is 0.455 e. The first-order chi connectivity index (χ1) is 29.7. The van der Waals surface area contributed by atoms with Gasteiger partial charge in [0.05, 0.1) is 16.6 Å². The molecule has 4 heterocycles. The van der Waals surface area contributed by atoms with Crippen molar-refractivity contribution in [1.82, 2.24) is 19.9 Å². The van der Waals surface area contributed by atoms with E-state index < -0.39 is 0 Å². The summed E-state index contributed by atoms with van der Waals surface area (Å²) >= 11 is 0.